The second-order valence-electron chi connectivity index (χ2n) is 8.94. The molecule has 1 amide bonds. The number of nitrogens with two attached hydrogens (primary N) is 1. The van der Waals surface area contributed by atoms with E-state index in [0.717, 1.165) is 0 Å². The molecular weight excluding hydrogens is 593 g/mol. The van der Waals surface area contributed by atoms with Gasteiger partial charge in [-0.15, -0.1) is 0 Å². The van der Waals surface area contributed by atoms with E-state index in [4.69, 9.17) is 15.0 Å². The average molecular weight is 617 g/mol. The molecular formula is C24H24F4N5O8P. The zero-order valence-electron chi connectivity index (χ0n) is 21.4. The maximum absolute atomic E-state index is 14.2. The summed E-state index contributed by atoms with van der Waals surface area (Å²) in [6.07, 6.45) is -7.00. The Morgan fingerprint density at radius 2 is 2.00 bits per heavy atom. The Bertz CT molecular complexity index is 1620. The van der Waals surface area contributed by atoms with Crippen LogP contribution in [0.25, 0.3) is 11.0 Å². The maximum atomic E-state index is 14.2. The van der Waals surface area contributed by atoms with Crippen molar-refractivity contribution >= 4 is 30.7 Å². The van der Waals surface area contributed by atoms with E-state index in [1.807, 2.05) is 0 Å². The van der Waals surface area contributed by atoms with Crippen molar-refractivity contribution in [3.05, 3.63) is 57.5 Å². The Morgan fingerprint density at radius 1 is 1.29 bits per heavy atom. The predicted molar refractivity (Wildman–Crippen MR) is 137 cm³/mol. The van der Waals surface area contributed by atoms with Crippen molar-refractivity contribution in [1.82, 2.24) is 19.9 Å². The number of phosphoric acid groups is 1. The van der Waals surface area contributed by atoms with Crippen LogP contribution >= 0.6 is 7.82 Å². The zero-order chi connectivity index (χ0) is 30.7. The van der Waals surface area contributed by atoms with Crippen LogP contribution in [0.4, 0.5) is 23.5 Å². The highest BCUT2D eigenvalue weighted by molar-refractivity contribution is 7.47. The number of aliphatic hydroxyl groups excluding tert-OH is 1. The number of aliphatic hydroxyl groups is 1. The van der Waals surface area contributed by atoms with E-state index >= 15 is 0 Å². The van der Waals surface area contributed by atoms with Crippen molar-refractivity contribution in [2.24, 2.45) is 0 Å². The number of fused-ring (bicyclic) bond motifs is 1. The number of benzene rings is 1. The lowest BCUT2D eigenvalue weighted by molar-refractivity contribution is -0.173. The van der Waals surface area contributed by atoms with Gasteiger partial charge in [0.2, 0.25) is 5.95 Å². The van der Waals surface area contributed by atoms with E-state index < -0.39 is 70.3 Å². The van der Waals surface area contributed by atoms with Gasteiger partial charge < -0.3 is 30.4 Å². The minimum atomic E-state index is -5.09. The van der Waals surface area contributed by atoms with Gasteiger partial charge in [-0.1, -0.05) is 24.0 Å². The van der Waals surface area contributed by atoms with Crippen LogP contribution in [-0.4, -0.2) is 68.7 Å². The van der Waals surface area contributed by atoms with Crippen LogP contribution in [0.1, 0.15) is 29.3 Å². The normalized spacial score (nSPS) is 20.2. The number of amides is 1. The summed E-state index contributed by atoms with van der Waals surface area (Å²) in [5.41, 5.74) is 6.41. The molecule has 42 heavy (non-hydrogen) atoms. The lowest BCUT2D eigenvalue weighted by Crippen LogP contribution is -2.38. The van der Waals surface area contributed by atoms with Gasteiger partial charge in [0.15, 0.2) is 5.65 Å². The SMILES string of the molecule is Nc1nc2c(c(C#Cc3ccc(COP(=O)(O)OCCNC(=O)C(F)(F)F)cc3)cn2C2CC(F)C(CO)O2)c(=O)[nH]1. The van der Waals surface area contributed by atoms with Crippen LogP contribution < -0.4 is 16.6 Å². The number of aromatic nitrogens is 3. The van der Waals surface area contributed by atoms with E-state index in [1.165, 1.54) is 28.2 Å². The minimum absolute atomic E-state index is 0.0831. The van der Waals surface area contributed by atoms with Crippen LogP contribution in [0.5, 0.6) is 0 Å². The molecule has 4 atom stereocenters. The Kier molecular flexibility index (Phi) is 9.36. The number of alkyl halides is 4. The van der Waals surface area contributed by atoms with E-state index in [2.05, 4.69) is 26.3 Å². The first-order chi connectivity index (χ1) is 19.8. The van der Waals surface area contributed by atoms with Gasteiger partial charge in [0.25, 0.3) is 5.56 Å². The average Bonchev–Trinajstić information content (AvgIpc) is 3.48. The molecule has 0 radical (unpaired) electrons. The molecule has 4 unspecified atom stereocenters. The van der Waals surface area contributed by atoms with E-state index in [0.29, 0.717) is 11.1 Å². The third kappa shape index (κ3) is 7.53. The molecule has 0 saturated carbocycles. The number of hydrogen-bond donors (Lipinski definition) is 5. The number of halogens is 4. The second-order valence-corrected chi connectivity index (χ2v) is 10.4. The van der Waals surface area contributed by atoms with Gasteiger partial charge >= 0.3 is 19.9 Å². The minimum Gasteiger partial charge on any atom is -0.394 e. The Balaban J connectivity index is 1.42. The maximum Gasteiger partial charge on any atom is 0.472 e. The first kappa shape index (κ1) is 31.2. The molecule has 0 bridgehead atoms. The number of nitrogens with zero attached hydrogens (tertiary/aromatic N) is 2. The standard InChI is InChI=1S/C24H24F4N5O8P/c25-16-9-18(41-17(16)11-34)33-10-15(19-20(33)31-23(29)32-21(19)35)6-5-13-1-3-14(4-2-13)12-40-42(37,38)39-8-7-30-22(36)24(26,27)28/h1-4,10,16-18,34H,7-9,11-12H2,(H,30,36)(H,37,38)(H3,29,31,32,35). The van der Waals surface area contributed by atoms with E-state index in [1.54, 1.807) is 12.1 Å². The number of carbonyl (C=O) groups is 1. The fourth-order valence-corrected chi connectivity index (χ4v) is 4.66. The molecule has 4 rings (SSSR count). The molecule has 1 aliphatic heterocycles. The Labute approximate surface area is 234 Å². The number of phosphoric ester groups is 1. The second kappa shape index (κ2) is 12.6. The molecule has 1 saturated heterocycles. The Morgan fingerprint density at radius 3 is 2.64 bits per heavy atom. The fourth-order valence-electron chi connectivity index (χ4n) is 3.95. The van der Waals surface area contributed by atoms with Gasteiger partial charge in [-0.25, -0.2) is 8.96 Å². The molecule has 6 N–H and O–H groups in total. The molecule has 13 nitrogen and oxygen atoms in total. The van der Waals surface area contributed by atoms with Gasteiger partial charge in [0.05, 0.1) is 30.8 Å². The quantitative estimate of drug-likeness (QED) is 0.102. The molecule has 0 aliphatic carbocycles. The van der Waals surface area contributed by atoms with Crippen molar-refractivity contribution in [2.45, 2.75) is 37.7 Å². The summed E-state index contributed by atoms with van der Waals surface area (Å²) < 4.78 is 78.9. The van der Waals surface area contributed by atoms with Crippen molar-refractivity contribution in [2.75, 3.05) is 25.5 Å². The number of ether oxygens (including phenoxy) is 1. The van der Waals surface area contributed by atoms with Crippen LogP contribution in [0.2, 0.25) is 0 Å². The highest BCUT2D eigenvalue weighted by Crippen LogP contribution is 2.43. The summed E-state index contributed by atoms with van der Waals surface area (Å²) in [5, 5.41) is 10.9. The third-order valence-electron chi connectivity index (χ3n) is 5.94. The number of aromatic amines is 1. The molecule has 1 aromatic carbocycles. The summed E-state index contributed by atoms with van der Waals surface area (Å²) >= 11 is 0. The predicted octanol–water partition coefficient (Wildman–Crippen LogP) is 1.64. The van der Waals surface area contributed by atoms with E-state index in [-0.39, 0.29) is 29.0 Å². The monoisotopic (exact) mass is 617 g/mol. The van der Waals surface area contributed by atoms with Crippen molar-refractivity contribution < 1.29 is 50.7 Å². The lowest BCUT2D eigenvalue weighted by atomic mass is 10.1. The number of anilines is 1. The van der Waals surface area contributed by atoms with Crippen molar-refractivity contribution in [3.8, 4) is 11.8 Å². The molecule has 1 aliphatic rings. The van der Waals surface area contributed by atoms with Crippen molar-refractivity contribution in [1.29, 1.82) is 0 Å². The van der Waals surface area contributed by atoms with Crippen LogP contribution in [-0.2, 0) is 29.8 Å². The van der Waals surface area contributed by atoms with Gasteiger partial charge in [-0.05, 0) is 17.7 Å². The molecule has 2 aromatic heterocycles. The molecule has 3 heterocycles. The van der Waals surface area contributed by atoms with Gasteiger partial charge in [-0.2, -0.15) is 18.2 Å². The molecule has 3 aromatic rings. The molecule has 18 heteroatoms. The summed E-state index contributed by atoms with van der Waals surface area (Å²) in [5.74, 6) is 3.35. The van der Waals surface area contributed by atoms with Crippen LogP contribution in [0.3, 0.4) is 0 Å². The molecule has 0 spiro atoms. The highest BCUT2D eigenvalue weighted by Gasteiger charge is 2.38. The van der Waals surface area contributed by atoms with Gasteiger partial charge in [-0.3, -0.25) is 23.6 Å². The lowest BCUT2D eigenvalue weighted by Gasteiger charge is -2.14. The number of nitrogens with one attached hydrogen (secondary N) is 2. The summed E-state index contributed by atoms with van der Waals surface area (Å²) in [6, 6.07) is 6.16. The van der Waals surface area contributed by atoms with Crippen molar-refractivity contribution in [3.63, 3.8) is 0 Å². The van der Waals surface area contributed by atoms with E-state index in [9.17, 15) is 41.7 Å². The third-order valence-corrected chi connectivity index (χ3v) is 6.91. The van der Waals surface area contributed by atoms with Crippen LogP contribution in [0.15, 0.2) is 35.3 Å². The molecule has 226 valence electrons. The number of hydrogen-bond acceptors (Lipinski definition) is 9. The largest absolute Gasteiger partial charge is 0.472 e. The summed E-state index contributed by atoms with van der Waals surface area (Å²) in [7, 11) is -4.63. The highest BCUT2D eigenvalue weighted by atomic mass is 31.2. The summed E-state index contributed by atoms with van der Waals surface area (Å²) in [4.78, 5) is 39.6. The summed E-state index contributed by atoms with van der Waals surface area (Å²) in [6.45, 7) is -2.28. The number of nitrogen functional groups attached to an aromatic ring is 1. The zero-order valence-corrected chi connectivity index (χ0v) is 22.3. The number of H-pyrrole nitrogens is 1. The van der Waals surface area contributed by atoms with Gasteiger partial charge in [0.1, 0.15) is 18.5 Å². The number of rotatable bonds is 9. The number of carbonyl (C=O) groups excluding carboxylic acids is 1. The first-order valence-corrected chi connectivity index (χ1v) is 13.7. The van der Waals surface area contributed by atoms with Gasteiger partial charge in [0, 0.05) is 24.7 Å². The van der Waals surface area contributed by atoms with Crippen LogP contribution in [0, 0.1) is 11.8 Å². The topological polar surface area (TPSA) is 191 Å². The first-order valence-electron chi connectivity index (χ1n) is 12.2. The smallest absolute Gasteiger partial charge is 0.394 e. The molecule has 1 fully saturated rings. The Hall–Kier alpha value is -3.78. The fraction of sp³-hybridized carbons (Fsp3) is 0.375.